The number of Topliss-reactive ketones (excluding diaryl/α,β-unsaturated/α-hetero) is 3. The fraction of sp³-hybridized carbons (Fsp3) is 0.714. The molecule has 24 heavy (non-hydrogen) atoms. The van der Waals surface area contributed by atoms with Crippen molar-refractivity contribution in [1.29, 1.82) is 0 Å². The van der Waals surface area contributed by atoms with Crippen LogP contribution in [0.3, 0.4) is 0 Å². The maximum Gasteiger partial charge on any atom is 0.202 e. The maximum atomic E-state index is 12.6. The quantitative estimate of drug-likeness (QED) is 0.546. The molecule has 4 fully saturated rings. The van der Waals surface area contributed by atoms with Crippen LogP contribution < -0.4 is 0 Å². The molecular formula is C21H26O3. The summed E-state index contributed by atoms with van der Waals surface area (Å²) in [7, 11) is 0. The number of carbonyl (C=O) groups excluding carboxylic acids is 3. The van der Waals surface area contributed by atoms with Crippen molar-refractivity contribution in [1.82, 2.24) is 0 Å². The fourth-order valence-corrected chi connectivity index (χ4v) is 6.87. The summed E-state index contributed by atoms with van der Waals surface area (Å²) in [6, 6.07) is 0. The lowest BCUT2D eigenvalue weighted by atomic mass is 9.44. The Morgan fingerprint density at radius 3 is 2.58 bits per heavy atom. The van der Waals surface area contributed by atoms with Gasteiger partial charge >= 0.3 is 0 Å². The van der Waals surface area contributed by atoms with Crippen LogP contribution in [-0.4, -0.2) is 17.3 Å². The molecule has 0 aromatic rings. The number of ketones is 3. The number of hydrogen-bond donors (Lipinski definition) is 0. The minimum Gasteiger partial charge on any atom is -0.299 e. The van der Waals surface area contributed by atoms with Crippen molar-refractivity contribution < 1.29 is 14.4 Å². The highest BCUT2D eigenvalue weighted by atomic mass is 16.2. The maximum absolute atomic E-state index is 12.6. The Hall–Kier alpha value is -1.47. The van der Waals surface area contributed by atoms with Gasteiger partial charge in [0, 0.05) is 29.6 Å². The topological polar surface area (TPSA) is 51.2 Å². The molecule has 0 radical (unpaired) electrons. The lowest BCUT2D eigenvalue weighted by Crippen LogP contribution is -2.56. The van der Waals surface area contributed by atoms with Gasteiger partial charge in [0.05, 0.1) is 0 Å². The molecule has 4 aliphatic carbocycles. The van der Waals surface area contributed by atoms with Crippen LogP contribution in [-0.2, 0) is 14.4 Å². The van der Waals surface area contributed by atoms with Crippen molar-refractivity contribution in [3.63, 3.8) is 0 Å². The highest BCUT2D eigenvalue weighted by Crippen LogP contribution is 2.65. The van der Waals surface area contributed by atoms with Crippen LogP contribution in [0, 0.1) is 34.5 Å². The molecule has 0 heterocycles. The average molecular weight is 326 g/mol. The summed E-state index contributed by atoms with van der Waals surface area (Å²) in [6.07, 6.45) is 8.54. The van der Waals surface area contributed by atoms with E-state index in [2.05, 4.69) is 19.2 Å². The first-order valence-corrected chi connectivity index (χ1v) is 9.41. The summed E-state index contributed by atoms with van der Waals surface area (Å²) in [5.41, 5.74) is 2.57. The summed E-state index contributed by atoms with van der Waals surface area (Å²) in [5, 5.41) is 0. The number of carbonyl (C=O) groups is 3. The van der Waals surface area contributed by atoms with Crippen molar-refractivity contribution in [3.05, 3.63) is 18.4 Å². The SMILES string of the molecule is C=C=CC12CCC(=O)C(=O)C1CCC1C3CCC(=O)C3(C)CCC12. The van der Waals surface area contributed by atoms with Crippen molar-refractivity contribution in [2.75, 3.05) is 0 Å². The Kier molecular flexibility index (Phi) is 3.51. The van der Waals surface area contributed by atoms with Gasteiger partial charge in [0.15, 0.2) is 5.78 Å². The second kappa shape index (κ2) is 5.26. The zero-order chi connectivity index (χ0) is 17.1. The van der Waals surface area contributed by atoms with Crippen LogP contribution in [0.15, 0.2) is 18.4 Å². The van der Waals surface area contributed by atoms with E-state index >= 15 is 0 Å². The van der Waals surface area contributed by atoms with Gasteiger partial charge < -0.3 is 0 Å². The molecule has 3 nitrogen and oxygen atoms in total. The molecule has 128 valence electrons. The standard InChI is InChI=1S/C21H26O3/c1-3-10-21-12-9-17(22)19(24)16(21)5-4-13-14-6-7-18(23)20(14,2)11-8-15(13)21/h10,13-16H,1,4-9,11-12H2,2H3. The monoisotopic (exact) mass is 326 g/mol. The van der Waals surface area contributed by atoms with Crippen LogP contribution in [0.4, 0.5) is 0 Å². The Labute approximate surface area is 143 Å². The molecule has 0 spiro atoms. The molecule has 0 saturated heterocycles. The lowest BCUT2D eigenvalue weighted by molar-refractivity contribution is -0.155. The van der Waals surface area contributed by atoms with Gasteiger partial charge in [-0.1, -0.05) is 13.5 Å². The zero-order valence-electron chi connectivity index (χ0n) is 14.5. The molecule has 0 bridgehead atoms. The summed E-state index contributed by atoms with van der Waals surface area (Å²) in [5.74, 6) is 1.24. The predicted octanol–water partition coefficient (Wildman–Crippen LogP) is 3.67. The predicted molar refractivity (Wildman–Crippen MR) is 90.2 cm³/mol. The van der Waals surface area contributed by atoms with E-state index in [1.165, 1.54) is 0 Å². The summed E-state index contributed by atoms with van der Waals surface area (Å²) in [6.45, 7) is 5.95. The average Bonchev–Trinajstić information content (AvgIpc) is 2.87. The van der Waals surface area contributed by atoms with Gasteiger partial charge in [-0.2, -0.15) is 0 Å². The first-order chi connectivity index (χ1) is 11.4. The highest BCUT2D eigenvalue weighted by Gasteiger charge is 2.62. The van der Waals surface area contributed by atoms with Crippen molar-refractivity contribution in [2.24, 2.45) is 34.5 Å². The van der Waals surface area contributed by atoms with Crippen LogP contribution in [0.25, 0.3) is 0 Å². The van der Waals surface area contributed by atoms with E-state index in [0.717, 1.165) is 44.9 Å². The van der Waals surface area contributed by atoms with E-state index in [1.807, 2.05) is 6.08 Å². The molecule has 0 aliphatic heterocycles. The van der Waals surface area contributed by atoms with E-state index in [0.29, 0.717) is 30.0 Å². The molecule has 0 aromatic heterocycles. The van der Waals surface area contributed by atoms with E-state index in [1.54, 1.807) is 0 Å². The van der Waals surface area contributed by atoms with Gasteiger partial charge in [-0.25, -0.2) is 0 Å². The fourth-order valence-electron chi connectivity index (χ4n) is 6.87. The van der Waals surface area contributed by atoms with E-state index in [4.69, 9.17) is 0 Å². The molecule has 0 aromatic carbocycles. The molecule has 3 heteroatoms. The van der Waals surface area contributed by atoms with E-state index in [-0.39, 0.29) is 28.3 Å². The number of rotatable bonds is 1. The molecular weight excluding hydrogens is 300 g/mol. The van der Waals surface area contributed by atoms with Gasteiger partial charge in [0.2, 0.25) is 5.78 Å². The van der Waals surface area contributed by atoms with Crippen molar-refractivity contribution in [3.8, 4) is 0 Å². The molecule has 6 atom stereocenters. The Balaban J connectivity index is 1.76. The Morgan fingerprint density at radius 1 is 1.04 bits per heavy atom. The number of fused-ring (bicyclic) bond motifs is 5. The van der Waals surface area contributed by atoms with Gasteiger partial charge in [-0.15, -0.1) is 5.73 Å². The Morgan fingerprint density at radius 2 is 1.83 bits per heavy atom. The zero-order valence-corrected chi connectivity index (χ0v) is 14.5. The summed E-state index contributed by atoms with van der Waals surface area (Å²) < 4.78 is 0. The van der Waals surface area contributed by atoms with E-state index in [9.17, 15) is 14.4 Å². The van der Waals surface area contributed by atoms with Crippen LogP contribution >= 0.6 is 0 Å². The van der Waals surface area contributed by atoms with Crippen molar-refractivity contribution in [2.45, 2.75) is 58.3 Å². The van der Waals surface area contributed by atoms with Crippen LogP contribution in [0.1, 0.15) is 58.3 Å². The van der Waals surface area contributed by atoms with Gasteiger partial charge in [-0.3, -0.25) is 14.4 Å². The van der Waals surface area contributed by atoms with Gasteiger partial charge in [0.1, 0.15) is 5.78 Å². The Bertz CT molecular complexity index is 671. The lowest BCUT2D eigenvalue weighted by Gasteiger charge is -2.58. The third kappa shape index (κ3) is 1.88. The third-order valence-electron chi connectivity index (χ3n) is 8.02. The first kappa shape index (κ1) is 16.0. The summed E-state index contributed by atoms with van der Waals surface area (Å²) in [4.78, 5) is 37.0. The largest absolute Gasteiger partial charge is 0.299 e. The normalized spacial score (nSPS) is 47.5. The summed E-state index contributed by atoms with van der Waals surface area (Å²) >= 11 is 0. The first-order valence-electron chi connectivity index (χ1n) is 9.41. The second-order valence-corrected chi connectivity index (χ2v) is 8.67. The highest BCUT2D eigenvalue weighted by molar-refractivity contribution is 6.38. The smallest absolute Gasteiger partial charge is 0.202 e. The molecule has 4 aliphatic rings. The molecule has 0 N–H and O–H groups in total. The molecule has 0 amide bonds. The third-order valence-corrected chi connectivity index (χ3v) is 8.02. The molecule has 4 saturated carbocycles. The number of hydrogen-bond acceptors (Lipinski definition) is 3. The minimum absolute atomic E-state index is 0.151. The van der Waals surface area contributed by atoms with Crippen LogP contribution in [0.2, 0.25) is 0 Å². The second-order valence-electron chi connectivity index (χ2n) is 8.67. The molecule has 4 rings (SSSR count). The molecule has 6 unspecified atom stereocenters. The minimum atomic E-state index is -0.247. The van der Waals surface area contributed by atoms with Crippen molar-refractivity contribution >= 4 is 17.3 Å². The number of allylic oxidation sites excluding steroid dienone is 1. The van der Waals surface area contributed by atoms with Gasteiger partial charge in [-0.05, 0) is 62.4 Å². The van der Waals surface area contributed by atoms with E-state index < -0.39 is 0 Å². The van der Waals surface area contributed by atoms with Crippen LogP contribution in [0.5, 0.6) is 0 Å². The van der Waals surface area contributed by atoms with Gasteiger partial charge in [0.25, 0.3) is 0 Å².